The molecule has 5 nitrogen and oxygen atoms in total. The van der Waals surface area contributed by atoms with Gasteiger partial charge in [0.2, 0.25) is 0 Å². The van der Waals surface area contributed by atoms with Crippen LogP contribution >= 0.6 is 0 Å². The quantitative estimate of drug-likeness (QED) is 0.827. The van der Waals surface area contributed by atoms with Crippen molar-refractivity contribution >= 4 is 17.6 Å². The van der Waals surface area contributed by atoms with Crippen LogP contribution in [0.5, 0.6) is 0 Å². The molecule has 0 aliphatic heterocycles. The van der Waals surface area contributed by atoms with Crippen molar-refractivity contribution in [1.82, 2.24) is 0 Å². The van der Waals surface area contributed by atoms with E-state index < -0.39 is 5.97 Å². The zero-order valence-electron chi connectivity index (χ0n) is 11.5. The van der Waals surface area contributed by atoms with Gasteiger partial charge in [-0.3, -0.25) is 4.79 Å². The van der Waals surface area contributed by atoms with Gasteiger partial charge in [-0.1, -0.05) is 6.07 Å². The minimum Gasteiger partial charge on any atom is -0.481 e. The Bertz CT molecular complexity index is 492. The average molecular weight is 277 g/mol. The lowest BCUT2D eigenvalue weighted by atomic mass is 9.86. The molecule has 1 aromatic rings. The second kappa shape index (κ2) is 6.41. The van der Waals surface area contributed by atoms with Gasteiger partial charge in [-0.15, -0.1) is 0 Å². The van der Waals surface area contributed by atoms with Crippen LogP contribution < -0.4 is 5.32 Å². The Morgan fingerprint density at radius 2 is 1.95 bits per heavy atom. The molecule has 0 unspecified atom stereocenters. The Balaban J connectivity index is 1.94. The summed E-state index contributed by atoms with van der Waals surface area (Å²) >= 11 is 0. The monoisotopic (exact) mass is 277 g/mol. The van der Waals surface area contributed by atoms with Gasteiger partial charge in [0.15, 0.2) is 0 Å². The number of rotatable bonds is 4. The van der Waals surface area contributed by atoms with Gasteiger partial charge in [-0.05, 0) is 43.9 Å². The Hall–Kier alpha value is -2.04. The second-order valence-corrected chi connectivity index (χ2v) is 5.10. The van der Waals surface area contributed by atoms with Crippen LogP contribution in [0.2, 0.25) is 0 Å². The number of methoxy groups -OCH3 is 1. The molecule has 0 bridgehead atoms. The third-order valence-corrected chi connectivity index (χ3v) is 3.73. The molecule has 2 rings (SSSR count). The van der Waals surface area contributed by atoms with Crippen LogP contribution in [-0.4, -0.2) is 30.2 Å². The third-order valence-electron chi connectivity index (χ3n) is 3.73. The first-order chi connectivity index (χ1) is 9.60. The van der Waals surface area contributed by atoms with Crippen LogP contribution in [0.15, 0.2) is 24.3 Å². The topological polar surface area (TPSA) is 75.6 Å². The number of carbonyl (C=O) groups excluding carboxylic acids is 1. The zero-order chi connectivity index (χ0) is 14.5. The van der Waals surface area contributed by atoms with E-state index in [1.165, 1.54) is 7.11 Å². The summed E-state index contributed by atoms with van der Waals surface area (Å²) in [7, 11) is 1.36. The molecule has 1 fully saturated rings. The van der Waals surface area contributed by atoms with E-state index >= 15 is 0 Å². The smallest absolute Gasteiger partial charge is 0.337 e. The molecule has 0 radical (unpaired) electrons. The Morgan fingerprint density at radius 1 is 1.25 bits per heavy atom. The molecule has 1 saturated carbocycles. The minimum atomic E-state index is -0.698. The summed E-state index contributed by atoms with van der Waals surface area (Å²) in [5.41, 5.74) is 1.38. The number of hydrogen-bond acceptors (Lipinski definition) is 4. The van der Waals surface area contributed by atoms with E-state index in [-0.39, 0.29) is 17.9 Å². The first-order valence-electron chi connectivity index (χ1n) is 6.78. The van der Waals surface area contributed by atoms with E-state index in [1.807, 2.05) is 6.07 Å². The maximum Gasteiger partial charge on any atom is 0.337 e. The molecular weight excluding hydrogens is 258 g/mol. The van der Waals surface area contributed by atoms with Crippen LogP contribution in [0.4, 0.5) is 5.69 Å². The van der Waals surface area contributed by atoms with Gasteiger partial charge in [-0.25, -0.2) is 4.79 Å². The van der Waals surface area contributed by atoms with E-state index in [1.54, 1.807) is 18.2 Å². The lowest BCUT2D eigenvalue weighted by Gasteiger charge is -2.27. The van der Waals surface area contributed by atoms with Crippen molar-refractivity contribution in [3.63, 3.8) is 0 Å². The number of carbonyl (C=O) groups is 2. The fourth-order valence-electron chi connectivity index (χ4n) is 2.57. The maximum atomic E-state index is 11.5. The van der Waals surface area contributed by atoms with Crippen molar-refractivity contribution < 1.29 is 19.4 Å². The zero-order valence-corrected chi connectivity index (χ0v) is 11.5. The fraction of sp³-hybridized carbons (Fsp3) is 0.467. The van der Waals surface area contributed by atoms with Gasteiger partial charge < -0.3 is 15.2 Å². The SMILES string of the molecule is COC(=O)c1cccc(NC2CCC(C(=O)O)CC2)c1. The standard InChI is InChI=1S/C15H19NO4/c1-20-15(19)11-3-2-4-13(9-11)16-12-7-5-10(6-8-12)14(17)18/h2-4,9-10,12,16H,5-8H2,1H3,(H,17,18). The largest absolute Gasteiger partial charge is 0.481 e. The average Bonchev–Trinajstić information content (AvgIpc) is 2.47. The Morgan fingerprint density at radius 3 is 2.55 bits per heavy atom. The highest BCUT2D eigenvalue weighted by atomic mass is 16.5. The van der Waals surface area contributed by atoms with Crippen molar-refractivity contribution in [2.45, 2.75) is 31.7 Å². The molecule has 0 spiro atoms. The van der Waals surface area contributed by atoms with Gasteiger partial charge in [0, 0.05) is 11.7 Å². The summed E-state index contributed by atoms with van der Waals surface area (Å²) in [6, 6.07) is 7.43. The van der Waals surface area contributed by atoms with Gasteiger partial charge in [0.1, 0.15) is 0 Å². The van der Waals surface area contributed by atoms with Gasteiger partial charge in [-0.2, -0.15) is 0 Å². The predicted molar refractivity (Wildman–Crippen MR) is 74.8 cm³/mol. The molecule has 108 valence electrons. The summed E-state index contributed by atoms with van der Waals surface area (Å²) in [6.45, 7) is 0. The highest BCUT2D eigenvalue weighted by molar-refractivity contribution is 5.90. The number of hydrogen-bond donors (Lipinski definition) is 2. The van der Waals surface area contributed by atoms with Crippen molar-refractivity contribution in [2.75, 3.05) is 12.4 Å². The van der Waals surface area contributed by atoms with Crippen LogP contribution in [0.3, 0.4) is 0 Å². The van der Waals surface area contributed by atoms with Gasteiger partial charge in [0.25, 0.3) is 0 Å². The van der Waals surface area contributed by atoms with E-state index in [9.17, 15) is 9.59 Å². The summed E-state index contributed by atoms with van der Waals surface area (Å²) in [4.78, 5) is 22.4. The van der Waals surface area contributed by atoms with Crippen molar-refractivity contribution in [2.24, 2.45) is 5.92 Å². The molecule has 0 atom stereocenters. The summed E-state index contributed by atoms with van der Waals surface area (Å²) in [5.74, 6) is -1.27. The molecule has 0 amide bonds. The van der Waals surface area contributed by atoms with Gasteiger partial charge >= 0.3 is 11.9 Å². The van der Waals surface area contributed by atoms with Crippen LogP contribution in [-0.2, 0) is 9.53 Å². The Labute approximate surface area is 117 Å². The summed E-state index contributed by atoms with van der Waals surface area (Å²) in [6.07, 6.45) is 3.06. The molecular formula is C15H19NO4. The summed E-state index contributed by atoms with van der Waals surface area (Å²) in [5, 5.41) is 12.3. The molecule has 0 heterocycles. The van der Waals surface area contributed by atoms with Crippen molar-refractivity contribution in [3.05, 3.63) is 29.8 Å². The van der Waals surface area contributed by atoms with E-state index in [2.05, 4.69) is 10.1 Å². The van der Waals surface area contributed by atoms with Gasteiger partial charge in [0.05, 0.1) is 18.6 Å². The summed E-state index contributed by atoms with van der Waals surface area (Å²) < 4.78 is 4.69. The molecule has 0 aromatic heterocycles. The van der Waals surface area contributed by atoms with Crippen LogP contribution in [0.1, 0.15) is 36.0 Å². The molecule has 2 N–H and O–H groups in total. The maximum absolute atomic E-state index is 11.5. The van der Waals surface area contributed by atoms with Crippen LogP contribution in [0, 0.1) is 5.92 Å². The highest BCUT2D eigenvalue weighted by Crippen LogP contribution is 2.27. The number of ether oxygens (including phenoxy) is 1. The molecule has 0 saturated heterocycles. The minimum absolute atomic E-state index is 0.213. The normalized spacial score (nSPS) is 22.1. The third kappa shape index (κ3) is 3.50. The lowest BCUT2D eigenvalue weighted by molar-refractivity contribution is -0.142. The molecule has 1 aliphatic carbocycles. The predicted octanol–water partition coefficient (Wildman–Crippen LogP) is 2.53. The van der Waals surface area contributed by atoms with Crippen LogP contribution in [0.25, 0.3) is 0 Å². The Kier molecular flexibility index (Phi) is 4.61. The second-order valence-electron chi connectivity index (χ2n) is 5.10. The first-order valence-corrected chi connectivity index (χ1v) is 6.78. The van der Waals surface area contributed by atoms with E-state index in [0.717, 1.165) is 18.5 Å². The lowest BCUT2D eigenvalue weighted by Crippen LogP contribution is -2.29. The van der Waals surface area contributed by atoms with E-state index in [0.29, 0.717) is 18.4 Å². The number of benzene rings is 1. The number of esters is 1. The van der Waals surface area contributed by atoms with Crippen molar-refractivity contribution in [3.8, 4) is 0 Å². The van der Waals surface area contributed by atoms with E-state index in [4.69, 9.17) is 5.11 Å². The molecule has 1 aliphatic rings. The molecule has 1 aromatic carbocycles. The van der Waals surface area contributed by atoms with Crippen molar-refractivity contribution in [1.29, 1.82) is 0 Å². The molecule has 5 heteroatoms. The highest BCUT2D eigenvalue weighted by Gasteiger charge is 2.25. The fourth-order valence-corrected chi connectivity index (χ4v) is 2.57. The molecule has 20 heavy (non-hydrogen) atoms. The number of aliphatic carboxylic acids is 1. The number of nitrogens with one attached hydrogen (secondary N) is 1. The number of carboxylic acid groups (broad SMARTS) is 1. The number of anilines is 1. The number of carboxylic acids is 1. The first kappa shape index (κ1) is 14.4.